The number of nitrogens with zero attached hydrogens (tertiary/aromatic N) is 2. The van der Waals surface area contributed by atoms with Crippen LogP contribution in [0, 0.1) is 12.8 Å². The number of rotatable bonds is 5. The van der Waals surface area contributed by atoms with Crippen LogP contribution in [0.15, 0.2) is 18.2 Å². The first-order valence-corrected chi connectivity index (χ1v) is 8.12. The monoisotopic (exact) mass is 289 g/mol. The highest BCUT2D eigenvalue weighted by Crippen LogP contribution is 2.27. The van der Waals surface area contributed by atoms with Gasteiger partial charge in [0, 0.05) is 37.4 Å². The summed E-state index contributed by atoms with van der Waals surface area (Å²) in [6.07, 6.45) is 0. The van der Waals surface area contributed by atoms with Crippen molar-refractivity contribution >= 4 is 5.69 Å². The Morgan fingerprint density at radius 2 is 2.00 bits per heavy atom. The molecule has 1 N–H and O–H groups in total. The lowest BCUT2D eigenvalue weighted by Gasteiger charge is -2.23. The van der Waals surface area contributed by atoms with Gasteiger partial charge < -0.3 is 15.1 Å². The van der Waals surface area contributed by atoms with Gasteiger partial charge in [-0.3, -0.25) is 0 Å². The van der Waals surface area contributed by atoms with Crippen molar-refractivity contribution in [3.63, 3.8) is 0 Å². The summed E-state index contributed by atoms with van der Waals surface area (Å²) >= 11 is 0. The molecule has 3 nitrogen and oxygen atoms in total. The maximum Gasteiger partial charge on any atom is 0.0369 e. The van der Waals surface area contributed by atoms with Gasteiger partial charge in [-0.15, -0.1) is 0 Å². The molecule has 0 amide bonds. The smallest absolute Gasteiger partial charge is 0.0369 e. The number of aryl methyl sites for hydroxylation is 1. The summed E-state index contributed by atoms with van der Waals surface area (Å²) in [7, 11) is 4.38. The standard InChI is InChI=1S/C18H31N3/c1-13(2)19-10-16-7-8-17(9-14(16)3)21-11-15(4)18(12-21)20(5)6/h7-9,13,15,18-19H,10-12H2,1-6H3. The van der Waals surface area contributed by atoms with Crippen LogP contribution in [0.2, 0.25) is 0 Å². The molecule has 2 atom stereocenters. The fourth-order valence-corrected chi connectivity index (χ4v) is 3.22. The molecule has 1 heterocycles. The number of hydrogen-bond acceptors (Lipinski definition) is 3. The van der Waals surface area contributed by atoms with Crippen LogP contribution in [0.5, 0.6) is 0 Å². The van der Waals surface area contributed by atoms with E-state index in [1.165, 1.54) is 16.8 Å². The van der Waals surface area contributed by atoms with Crippen molar-refractivity contribution in [1.82, 2.24) is 10.2 Å². The number of hydrogen-bond donors (Lipinski definition) is 1. The second-order valence-corrected chi connectivity index (χ2v) is 7.06. The molecule has 0 saturated carbocycles. The van der Waals surface area contributed by atoms with E-state index in [1.807, 2.05) is 0 Å². The van der Waals surface area contributed by atoms with Crippen molar-refractivity contribution in [2.45, 2.75) is 46.3 Å². The predicted molar refractivity (Wildman–Crippen MR) is 92.0 cm³/mol. The minimum Gasteiger partial charge on any atom is -0.370 e. The first-order chi connectivity index (χ1) is 9.88. The summed E-state index contributed by atoms with van der Waals surface area (Å²) in [5, 5.41) is 3.50. The van der Waals surface area contributed by atoms with Gasteiger partial charge in [0.2, 0.25) is 0 Å². The largest absolute Gasteiger partial charge is 0.370 e. The molecule has 2 unspecified atom stereocenters. The predicted octanol–water partition coefficient (Wildman–Crippen LogP) is 2.88. The first-order valence-electron chi connectivity index (χ1n) is 8.12. The minimum absolute atomic E-state index is 0.532. The number of likely N-dealkylation sites (N-methyl/N-ethyl adjacent to an activating group) is 1. The number of benzene rings is 1. The van der Waals surface area contributed by atoms with E-state index in [0.717, 1.165) is 25.6 Å². The molecule has 3 heteroatoms. The first kappa shape index (κ1) is 16.3. The molecule has 1 fully saturated rings. The van der Waals surface area contributed by atoms with Crippen LogP contribution in [0.25, 0.3) is 0 Å². The van der Waals surface area contributed by atoms with Gasteiger partial charge in [-0.1, -0.05) is 26.8 Å². The molecule has 0 aromatic heterocycles. The molecule has 1 aromatic carbocycles. The van der Waals surface area contributed by atoms with Crippen molar-refractivity contribution in [2.24, 2.45) is 5.92 Å². The second-order valence-electron chi connectivity index (χ2n) is 7.06. The van der Waals surface area contributed by atoms with Crippen LogP contribution < -0.4 is 10.2 Å². The third-order valence-corrected chi connectivity index (χ3v) is 4.63. The van der Waals surface area contributed by atoms with E-state index < -0.39 is 0 Å². The van der Waals surface area contributed by atoms with Gasteiger partial charge in [-0.25, -0.2) is 0 Å². The lowest BCUT2D eigenvalue weighted by Crippen LogP contribution is -2.34. The molecular formula is C18H31N3. The van der Waals surface area contributed by atoms with Gasteiger partial charge in [-0.2, -0.15) is 0 Å². The van der Waals surface area contributed by atoms with Gasteiger partial charge >= 0.3 is 0 Å². The average molecular weight is 289 g/mol. The third-order valence-electron chi connectivity index (χ3n) is 4.63. The molecule has 0 radical (unpaired) electrons. The van der Waals surface area contributed by atoms with Crippen LogP contribution in [-0.4, -0.2) is 44.2 Å². The summed E-state index contributed by atoms with van der Waals surface area (Å²) < 4.78 is 0. The van der Waals surface area contributed by atoms with Crippen LogP contribution in [-0.2, 0) is 6.54 Å². The van der Waals surface area contributed by atoms with Crippen LogP contribution in [0.3, 0.4) is 0 Å². The van der Waals surface area contributed by atoms with Gasteiger partial charge in [0.1, 0.15) is 0 Å². The molecule has 1 aliphatic rings. The SMILES string of the molecule is Cc1cc(N2CC(C)C(N(C)C)C2)ccc1CNC(C)C. The van der Waals surface area contributed by atoms with Crippen molar-refractivity contribution in [2.75, 3.05) is 32.1 Å². The molecule has 0 aliphatic carbocycles. The van der Waals surface area contributed by atoms with E-state index in [4.69, 9.17) is 0 Å². The Bertz CT molecular complexity index is 468. The van der Waals surface area contributed by atoms with Crippen LogP contribution >= 0.6 is 0 Å². The fraction of sp³-hybridized carbons (Fsp3) is 0.667. The Morgan fingerprint density at radius 3 is 2.52 bits per heavy atom. The quantitative estimate of drug-likeness (QED) is 0.899. The summed E-state index contributed by atoms with van der Waals surface area (Å²) in [6, 6.07) is 8.11. The molecule has 1 aromatic rings. The highest BCUT2D eigenvalue weighted by molar-refractivity contribution is 5.52. The van der Waals surface area contributed by atoms with E-state index in [9.17, 15) is 0 Å². The molecule has 1 aliphatic heterocycles. The van der Waals surface area contributed by atoms with Crippen LogP contribution in [0.1, 0.15) is 31.9 Å². The third kappa shape index (κ3) is 3.98. The maximum absolute atomic E-state index is 3.50. The fourth-order valence-electron chi connectivity index (χ4n) is 3.22. The van der Waals surface area contributed by atoms with Crippen LogP contribution in [0.4, 0.5) is 5.69 Å². The van der Waals surface area contributed by atoms with E-state index in [2.05, 4.69) is 75.1 Å². The zero-order chi connectivity index (χ0) is 15.6. The highest BCUT2D eigenvalue weighted by Gasteiger charge is 2.31. The molecule has 21 heavy (non-hydrogen) atoms. The Morgan fingerprint density at radius 1 is 1.29 bits per heavy atom. The summed E-state index contributed by atoms with van der Waals surface area (Å²) in [5.41, 5.74) is 4.17. The molecule has 2 rings (SSSR count). The molecule has 0 bridgehead atoms. The van der Waals surface area contributed by atoms with Gasteiger partial charge in [0.25, 0.3) is 0 Å². The molecular weight excluding hydrogens is 258 g/mol. The lowest BCUT2D eigenvalue weighted by molar-refractivity contribution is 0.266. The topological polar surface area (TPSA) is 18.5 Å². The Balaban J connectivity index is 2.07. The second kappa shape index (κ2) is 6.80. The molecule has 118 valence electrons. The average Bonchev–Trinajstić information content (AvgIpc) is 2.79. The van der Waals surface area contributed by atoms with Gasteiger partial charge in [-0.05, 0) is 50.2 Å². The van der Waals surface area contributed by atoms with E-state index in [0.29, 0.717) is 12.1 Å². The van der Waals surface area contributed by atoms with Crippen molar-refractivity contribution in [1.29, 1.82) is 0 Å². The zero-order valence-corrected chi connectivity index (χ0v) is 14.5. The van der Waals surface area contributed by atoms with E-state index in [1.54, 1.807) is 0 Å². The summed E-state index contributed by atoms with van der Waals surface area (Å²) in [6.45, 7) is 12.2. The number of anilines is 1. The molecule has 1 saturated heterocycles. The highest BCUT2D eigenvalue weighted by atomic mass is 15.2. The molecule has 0 spiro atoms. The minimum atomic E-state index is 0.532. The Kier molecular flexibility index (Phi) is 5.28. The zero-order valence-electron chi connectivity index (χ0n) is 14.5. The Hall–Kier alpha value is -1.06. The van der Waals surface area contributed by atoms with Gasteiger partial charge in [0.05, 0.1) is 0 Å². The Labute approximate surface area is 130 Å². The van der Waals surface area contributed by atoms with E-state index >= 15 is 0 Å². The van der Waals surface area contributed by atoms with E-state index in [-0.39, 0.29) is 0 Å². The van der Waals surface area contributed by atoms with Crippen molar-refractivity contribution in [3.05, 3.63) is 29.3 Å². The number of nitrogens with one attached hydrogen (secondary N) is 1. The van der Waals surface area contributed by atoms with Gasteiger partial charge in [0.15, 0.2) is 0 Å². The normalized spacial score (nSPS) is 22.6. The van der Waals surface area contributed by atoms with Crippen molar-refractivity contribution in [3.8, 4) is 0 Å². The summed E-state index contributed by atoms with van der Waals surface area (Å²) in [5.74, 6) is 0.725. The lowest BCUT2D eigenvalue weighted by atomic mass is 10.1. The maximum atomic E-state index is 3.50. The summed E-state index contributed by atoms with van der Waals surface area (Å²) in [4.78, 5) is 4.89. The van der Waals surface area contributed by atoms with Crippen molar-refractivity contribution < 1.29 is 0 Å².